The fraction of sp³-hybridized carbons (Fsp3) is 0.462. The van der Waals surface area contributed by atoms with Crippen LogP contribution in [0.5, 0.6) is 0 Å². The molecule has 1 aliphatic rings. The van der Waals surface area contributed by atoms with E-state index in [0.29, 0.717) is 0 Å². The zero-order valence-electron chi connectivity index (χ0n) is 9.62. The quantitative estimate of drug-likeness (QED) is 0.877. The predicted octanol–water partition coefficient (Wildman–Crippen LogP) is 2.99. The number of carbonyl (C=O) groups is 1. The molecule has 17 heavy (non-hydrogen) atoms. The summed E-state index contributed by atoms with van der Waals surface area (Å²) in [5, 5.41) is 2.83. The fourth-order valence-electron chi connectivity index (χ4n) is 2.01. The average Bonchev–Trinajstić information content (AvgIpc) is 2.81. The third-order valence-electron chi connectivity index (χ3n) is 2.96. The molecule has 0 aromatic heterocycles. The van der Waals surface area contributed by atoms with Gasteiger partial charge in [-0.1, -0.05) is 25.0 Å². The van der Waals surface area contributed by atoms with Crippen molar-refractivity contribution >= 4 is 6.09 Å². The average molecular weight is 237 g/mol. The minimum absolute atomic E-state index is 0.179. The molecule has 1 aromatic carbocycles. The van der Waals surface area contributed by atoms with Gasteiger partial charge in [-0.15, -0.1) is 0 Å². The van der Waals surface area contributed by atoms with Gasteiger partial charge in [0.05, 0.1) is 0 Å². The zero-order valence-corrected chi connectivity index (χ0v) is 9.62. The fourth-order valence-corrected chi connectivity index (χ4v) is 2.01. The number of ether oxygens (including phenoxy) is 1. The Kier molecular flexibility index (Phi) is 3.96. The van der Waals surface area contributed by atoms with Crippen molar-refractivity contribution in [2.24, 2.45) is 0 Å². The van der Waals surface area contributed by atoms with E-state index in [-0.39, 0.29) is 24.6 Å². The molecule has 0 atom stereocenters. The first-order valence-electron chi connectivity index (χ1n) is 5.92. The van der Waals surface area contributed by atoms with E-state index in [1.165, 1.54) is 25.0 Å². The second-order valence-corrected chi connectivity index (χ2v) is 4.33. The Labute approximate surface area is 100.0 Å². The van der Waals surface area contributed by atoms with Crippen molar-refractivity contribution < 1.29 is 13.9 Å². The summed E-state index contributed by atoms with van der Waals surface area (Å²) in [4.78, 5) is 11.4. The first-order valence-corrected chi connectivity index (χ1v) is 5.92. The van der Waals surface area contributed by atoms with Crippen LogP contribution < -0.4 is 5.32 Å². The van der Waals surface area contributed by atoms with Gasteiger partial charge in [0.1, 0.15) is 12.4 Å². The highest BCUT2D eigenvalue weighted by molar-refractivity contribution is 5.67. The van der Waals surface area contributed by atoms with Crippen LogP contribution in [-0.2, 0) is 11.3 Å². The Hall–Kier alpha value is -1.58. The number of alkyl carbamates (subject to hydrolysis) is 1. The van der Waals surface area contributed by atoms with Crippen molar-refractivity contribution in [3.05, 3.63) is 35.6 Å². The summed E-state index contributed by atoms with van der Waals surface area (Å²) in [6, 6.07) is 6.19. The number of nitrogens with one attached hydrogen (secondary N) is 1. The molecular formula is C13H16FNO2. The molecule has 92 valence electrons. The smallest absolute Gasteiger partial charge is 0.407 e. The molecule has 0 unspecified atom stereocenters. The third-order valence-corrected chi connectivity index (χ3v) is 2.96. The number of benzene rings is 1. The van der Waals surface area contributed by atoms with Crippen molar-refractivity contribution in [1.29, 1.82) is 0 Å². The van der Waals surface area contributed by atoms with E-state index < -0.39 is 0 Å². The summed E-state index contributed by atoms with van der Waals surface area (Å²) in [6.07, 6.45) is 4.02. The minimum Gasteiger partial charge on any atom is -0.445 e. The maximum Gasteiger partial charge on any atom is 0.407 e. The largest absolute Gasteiger partial charge is 0.445 e. The molecule has 1 N–H and O–H groups in total. The topological polar surface area (TPSA) is 38.3 Å². The molecule has 1 aliphatic carbocycles. The van der Waals surface area contributed by atoms with E-state index in [1.54, 1.807) is 12.1 Å². The lowest BCUT2D eigenvalue weighted by atomic mass is 10.2. The molecule has 0 saturated heterocycles. The maximum absolute atomic E-state index is 12.6. The van der Waals surface area contributed by atoms with Gasteiger partial charge in [0, 0.05) is 6.04 Å². The standard InChI is InChI=1S/C13H16FNO2/c14-11-7-5-10(6-8-11)9-17-13(16)15-12-3-1-2-4-12/h5-8,12H,1-4,9H2,(H,15,16). The van der Waals surface area contributed by atoms with Crippen LogP contribution in [0.4, 0.5) is 9.18 Å². The lowest BCUT2D eigenvalue weighted by Crippen LogP contribution is -2.32. The summed E-state index contributed by atoms with van der Waals surface area (Å²) in [5.41, 5.74) is 0.785. The van der Waals surface area contributed by atoms with Crippen LogP contribution in [0, 0.1) is 5.82 Å². The van der Waals surface area contributed by atoms with Gasteiger partial charge in [-0.3, -0.25) is 0 Å². The minimum atomic E-state index is -0.388. The molecule has 1 saturated carbocycles. The summed E-state index contributed by atoms with van der Waals surface area (Å²) in [6.45, 7) is 0.179. The van der Waals surface area contributed by atoms with Crippen molar-refractivity contribution in [3.8, 4) is 0 Å². The molecular weight excluding hydrogens is 221 g/mol. The van der Waals surface area contributed by atoms with Crippen molar-refractivity contribution in [3.63, 3.8) is 0 Å². The summed E-state index contributed by atoms with van der Waals surface area (Å²) in [5.74, 6) is -0.288. The molecule has 0 heterocycles. The highest BCUT2D eigenvalue weighted by Gasteiger charge is 2.17. The van der Waals surface area contributed by atoms with Crippen LogP contribution in [0.2, 0.25) is 0 Å². The Morgan fingerprint density at radius 3 is 2.59 bits per heavy atom. The summed E-state index contributed by atoms with van der Waals surface area (Å²) in [7, 11) is 0. The Balaban J connectivity index is 1.73. The monoisotopic (exact) mass is 237 g/mol. The van der Waals surface area contributed by atoms with Crippen LogP contribution in [-0.4, -0.2) is 12.1 Å². The number of carbonyl (C=O) groups excluding carboxylic acids is 1. The number of amides is 1. The highest BCUT2D eigenvalue weighted by atomic mass is 19.1. The Morgan fingerprint density at radius 1 is 1.29 bits per heavy atom. The number of halogens is 1. The van der Waals surface area contributed by atoms with Gasteiger partial charge in [0.2, 0.25) is 0 Å². The number of hydrogen-bond acceptors (Lipinski definition) is 2. The van der Waals surface area contributed by atoms with E-state index in [2.05, 4.69) is 5.32 Å². The van der Waals surface area contributed by atoms with E-state index in [9.17, 15) is 9.18 Å². The number of rotatable bonds is 3. The van der Waals surface area contributed by atoms with E-state index in [0.717, 1.165) is 18.4 Å². The van der Waals surface area contributed by atoms with Crippen LogP contribution in [0.15, 0.2) is 24.3 Å². The van der Waals surface area contributed by atoms with E-state index >= 15 is 0 Å². The van der Waals surface area contributed by atoms with E-state index in [1.807, 2.05) is 0 Å². The molecule has 1 fully saturated rings. The third kappa shape index (κ3) is 3.73. The molecule has 0 spiro atoms. The number of hydrogen-bond donors (Lipinski definition) is 1. The van der Waals surface area contributed by atoms with Gasteiger partial charge in [0.25, 0.3) is 0 Å². The normalized spacial score (nSPS) is 15.8. The van der Waals surface area contributed by atoms with Crippen molar-refractivity contribution in [2.75, 3.05) is 0 Å². The van der Waals surface area contributed by atoms with Gasteiger partial charge < -0.3 is 10.1 Å². The molecule has 4 heteroatoms. The summed E-state index contributed by atoms with van der Waals surface area (Å²) >= 11 is 0. The predicted molar refractivity (Wildman–Crippen MR) is 62.0 cm³/mol. The van der Waals surface area contributed by atoms with Gasteiger partial charge in [-0.05, 0) is 30.5 Å². The van der Waals surface area contributed by atoms with Crippen molar-refractivity contribution in [2.45, 2.75) is 38.3 Å². The van der Waals surface area contributed by atoms with Gasteiger partial charge in [-0.2, -0.15) is 0 Å². The van der Waals surface area contributed by atoms with Crippen molar-refractivity contribution in [1.82, 2.24) is 5.32 Å². The Bertz CT molecular complexity index is 372. The zero-order chi connectivity index (χ0) is 12.1. The molecule has 2 rings (SSSR count). The molecule has 0 radical (unpaired) electrons. The summed E-state index contributed by atoms with van der Waals surface area (Å²) < 4.78 is 17.7. The van der Waals surface area contributed by atoms with Gasteiger partial charge in [-0.25, -0.2) is 9.18 Å². The molecule has 0 aliphatic heterocycles. The lowest BCUT2D eigenvalue weighted by Gasteiger charge is -2.12. The van der Waals surface area contributed by atoms with Crippen LogP contribution in [0.3, 0.4) is 0 Å². The van der Waals surface area contributed by atoms with Crippen LogP contribution in [0.25, 0.3) is 0 Å². The van der Waals surface area contributed by atoms with E-state index in [4.69, 9.17) is 4.74 Å². The first kappa shape index (κ1) is 11.9. The second kappa shape index (κ2) is 5.66. The van der Waals surface area contributed by atoms with Crippen LogP contribution >= 0.6 is 0 Å². The molecule has 1 amide bonds. The second-order valence-electron chi connectivity index (χ2n) is 4.33. The SMILES string of the molecule is O=C(NC1CCCC1)OCc1ccc(F)cc1. The van der Waals surface area contributed by atoms with Crippen LogP contribution in [0.1, 0.15) is 31.2 Å². The Morgan fingerprint density at radius 2 is 1.94 bits per heavy atom. The van der Waals surface area contributed by atoms with Gasteiger partial charge in [0.15, 0.2) is 0 Å². The maximum atomic E-state index is 12.6. The molecule has 3 nitrogen and oxygen atoms in total. The first-order chi connectivity index (χ1) is 8.24. The van der Waals surface area contributed by atoms with Gasteiger partial charge >= 0.3 is 6.09 Å². The molecule has 1 aromatic rings. The highest BCUT2D eigenvalue weighted by Crippen LogP contribution is 2.17. The lowest BCUT2D eigenvalue weighted by molar-refractivity contribution is 0.136. The molecule has 0 bridgehead atoms.